The van der Waals surface area contributed by atoms with Crippen LogP contribution in [0.15, 0.2) is 18.2 Å². The van der Waals surface area contributed by atoms with Crippen LogP contribution in [0.3, 0.4) is 0 Å². The van der Waals surface area contributed by atoms with E-state index in [1.54, 1.807) is 0 Å². The minimum Gasteiger partial charge on any atom is -0.363 e. The molecule has 2 fully saturated rings. The third kappa shape index (κ3) is 1.49. The van der Waals surface area contributed by atoms with E-state index in [2.05, 4.69) is 5.32 Å². The molecule has 1 heterocycles. The van der Waals surface area contributed by atoms with E-state index in [0.29, 0.717) is 17.8 Å². The number of halogens is 2. The van der Waals surface area contributed by atoms with Crippen LogP contribution in [0.1, 0.15) is 6.42 Å². The quantitative estimate of drug-likeness (QED) is 0.756. The van der Waals surface area contributed by atoms with Crippen LogP contribution in [-0.4, -0.2) is 25.2 Å². The number of nitrogens with zero attached hydrogens (tertiary/aromatic N) is 1. The van der Waals surface area contributed by atoms with Gasteiger partial charge in [-0.1, -0.05) is 0 Å². The first kappa shape index (κ1) is 9.09. The SMILES string of the molecule is Fc1ccc(N2CCNC3CC32)c(F)c1. The van der Waals surface area contributed by atoms with Crippen LogP contribution in [0.2, 0.25) is 0 Å². The van der Waals surface area contributed by atoms with E-state index >= 15 is 0 Å². The molecule has 15 heavy (non-hydrogen) atoms. The van der Waals surface area contributed by atoms with Gasteiger partial charge in [0.25, 0.3) is 0 Å². The summed E-state index contributed by atoms with van der Waals surface area (Å²) in [5.41, 5.74) is 0.533. The molecule has 2 nitrogen and oxygen atoms in total. The Morgan fingerprint density at radius 1 is 1.33 bits per heavy atom. The van der Waals surface area contributed by atoms with E-state index in [1.165, 1.54) is 12.1 Å². The minimum atomic E-state index is -0.515. The molecule has 1 saturated carbocycles. The summed E-state index contributed by atoms with van der Waals surface area (Å²) < 4.78 is 26.3. The van der Waals surface area contributed by atoms with Crippen LogP contribution in [0.5, 0.6) is 0 Å². The molecular formula is C11H12F2N2. The van der Waals surface area contributed by atoms with E-state index in [1.807, 2.05) is 4.90 Å². The van der Waals surface area contributed by atoms with Gasteiger partial charge in [-0.3, -0.25) is 0 Å². The second-order valence-electron chi connectivity index (χ2n) is 4.15. The van der Waals surface area contributed by atoms with Gasteiger partial charge in [0.15, 0.2) is 0 Å². The maximum Gasteiger partial charge on any atom is 0.149 e. The summed E-state index contributed by atoms with van der Waals surface area (Å²) in [7, 11) is 0. The zero-order chi connectivity index (χ0) is 10.4. The Kier molecular flexibility index (Phi) is 1.92. The molecule has 0 spiro atoms. The van der Waals surface area contributed by atoms with Gasteiger partial charge in [-0.25, -0.2) is 8.78 Å². The van der Waals surface area contributed by atoms with Gasteiger partial charge >= 0.3 is 0 Å². The molecular weight excluding hydrogens is 198 g/mol. The first-order valence-corrected chi connectivity index (χ1v) is 5.21. The van der Waals surface area contributed by atoms with Crippen molar-refractivity contribution < 1.29 is 8.78 Å². The van der Waals surface area contributed by atoms with Gasteiger partial charge in [-0.2, -0.15) is 0 Å². The van der Waals surface area contributed by atoms with Crippen molar-refractivity contribution in [2.24, 2.45) is 0 Å². The van der Waals surface area contributed by atoms with Gasteiger partial charge in [-0.05, 0) is 18.6 Å². The van der Waals surface area contributed by atoms with E-state index in [9.17, 15) is 8.78 Å². The maximum absolute atomic E-state index is 13.5. The van der Waals surface area contributed by atoms with E-state index in [4.69, 9.17) is 0 Å². The fourth-order valence-electron chi connectivity index (χ4n) is 2.29. The number of benzene rings is 1. The van der Waals surface area contributed by atoms with E-state index in [0.717, 1.165) is 25.6 Å². The third-order valence-electron chi connectivity index (χ3n) is 3.14. The summed E-state index contributed by atoms with van der Waals surface area (Å²) in [4.78, 5) is 2.04. The summed E-state index contributed by atoms with van der Waals surface area (Å²) in [6.45, 7) is 1.67. The molecule has 1 aromatic carbocycles. The molecule has 0 amide bonds. The lowest BCUT2D eigenvalue weighted by molar-refractivity contribution is 0.551. The monoisotopic (exact) mass is 210 g/mol. The van der Waals surface area contributed by atoms with Crippen molar-refractivity contribution in [3.8, 4) is 0 Å². The second kappa shape index (κ2) is 3.17. The van der Waals surface area contributed by atoms with Gasteiger partial charge in [0.1, 0.15) is 11.6 Å². The van der Waals surface area contributed by atoms with E-state index < -0.39 is 11.6 Å². The highest BCUT2D eigenvalue weighted by atomic mass is 19.1. The largest absolute Gasteiger partial charge is 0.363 e. The van der Waals surface area contributed by atoms with Crippen LogP contribution in [0.4, 0.5) is 14.5 Å². The minimum absolute atomic E-state index is 0.402. The van der Waals surface area contributed by atoms with Crippen molar-refractivity contribution in [2.75, 3.05) is 18.0 Å². The number of fused-ring (bicyclic) bond motifs is 1. The predicted octanol–water partition coefficient (Wildman–Crippen LogP) is 1.52. The Bertz CT molecular complexity index is 394. The lowest BCUT2D eigenvalue weighted by Gasteiger charge is -2.29. The molecule has 1 saturated heterocycles. The van der Waals surface area contributed by atoms with Crippen LogP contribution < -0.4 is 10.2 Å². The molecule has 1 aliphatic carbocycles. The summed E-state index contributed by atoms with van der Waals surface area (Å²) in [6.07, 6.45) is 1.07. The fourth-order valence-corrected chi connectivity index (χ4v) is 2.29. The summed E-state index contributed by atoms with van der Waals surface area (Å²) in [5.74, 6) is -0.971. The molecule has 4 heteroatoms. The number of piperazine rings is 1. The zero-order valence-electron chi connectivity index (χ0n) is 8.21. The van der Waals surface area contributed by atoms with Crippen LogP contribution in [-0.2, 0) is 0 Å². The van der Waals surface area contributed by atoms with Gasteiger partial charge in [0.05, 0.1) is 5.69 Å². The molecule has 0 bridgehead atoms. The smallest absolute Gasteiger partial charge is 0.149 e. The van der Waals surface area contributed by atoms with Crippen molar-refractivity contribution >= 4 is 5.69 Å². The first-order chi connectivity index (χ1) is 7.25. The van der Waals surface area contributed by atoms with Crippen LogP contribution in [0, 0.1) is 11.6 Å². The van der Waals surface area contributed by atoms with Crippen molar-refractivity contribution in [1.29, 1.82) is 0 Å². The Hall–Kier alpha value is -1.16. The fraction of sp³-hybridized carbons (Fsp3) is 0.455. The summed E-state index contributed by atoms with van der Waals surface area (Å²) >= 11 is 0. The molecule has 1 aromatic rings. The number of hydrogen-bond acceptors (Lipinski definition) is 2. The molecule has 2 unspecified atom stereocenters. The average molecular weight is 210 g/mol. The molecule has 3 rings (SSSR count). The van der Waals surface area contributed by atoms with Crippen molar-refractivity contribution in [1.82, 2.24) is 5.32 Å². The number of rotatable bonds is 1. The highest BCUT2D eigenvalue weighted by Crippen LogP contribution is 2.35. The first-order valence-electron chi connectivity index (χ1n) is 5.21. The van der Waals surface area contributed by atoms with E-state index in [-0.39, 0.29) is 0 Å². The highest BCUT2D eigenvalue weighted by Gasteiger charge is 2.44. The topological polar surface area (TPSA) is 15.3 Å². The molecule has 2 aliphatic rings. The lowest BCUT2D eigenvalue weighted by atomic mass is 10.2. The Morgan fingerprint density at radius 3 is 3.00 bits per heavy atom. The summed E-state index contributed by atoms with van der Waals surface area (Å²) in [5, 5.41) is 3.35. The molecule has 80 valence electrons. The second-order valence-corrected chi connectivity index (χ2v) is 4.15. The predicted molar refractivity (Wildman–Crippen MR) is 53.9 cm³/mol. The van der Waals surface area contributed by atoms with Gasteiger partial charge < -0.3 is 10.2 Å². The van der Waals surface area contributed by atoms with Gasteiger partial charge in [0, 0.05) is 31.2 Å². The highest BCUT2D eigenvalue weighted by molar-refractivity contribution is 5.51. The number of hydrogen-bond donors (Lipinski definition) is 1. The molecule has 1 aliphatic heterocycles. The van der Waals surface area contributed by atoms with Crippen LogP contribution in [0.25, 0.3) is 0 Å². The standard InChI is InChI=1S/C11H12F2N2/c12-7-1-2-10(8(13)5-7)15-4-3-14-9-6-11(9)15/h1-2,5,9,11,14H,3-4,6H2. The number of nitrogens with one attached hydrogen (secondary N) is 1. The molecule has 0 aromatic heterocycles. The van der Waals surface area contributed by atoms with Crippen molar-refractivity contribution in [2.45, 2.75) is 18.5 Å². The van der Waals surface area contributed by atoms with Gasteiger partial charge in [-0.15, -0.1) is 0 Å². The third-order valence-corrected chi connectivity index (χ3v) is 3.14. The van der Waals surface area contributed by atoms with Crippen LogP contribution >= 0.6 is 0 Å². The normalized spacial score (nSPS) is 28.8. The molecule has 2 atom stereocenters. The van der Waals surface area contributed by atoms with Crippen molar-refractivity contribution in [3.05, 3.63) is 29.8 Å². The average Bonchev–Trinajstić information content (AvgIpc) is 2.96. The lowest BCUT2D eigenvalue weighted by Crippen LogP contribution is -2.43. The Labute approximate surface area is 86.9 Å². The van der Waals surface area contributed by atoms with Gasteiger partial charge in [0.2, 0.25) is 0 Å². The van der Waals surface area contributed by atoms with Crippen molar-refractivity contribution in [3.63, 3.8) is 0 Å². The maximum atomic E-state index is 13.5. The summed E-state index contributed by atoms with van der Waals surface area (Å²) in [6, 6.07) is 4.71. The zero-order valence-corrected chi connectivity index (χ0v) is 8.21. The Balaban J connectivity index is 1.91. The molecule has 1 N–H and O–H groups in total. The molecule has 0 radical (unpaired) electrons. The number of anilines is 1. The Morgan fingerprint density at radius 2 is 2.20 bits per heavy atom.